The number of ether oxygens (including phenoxy) is 2. The zero-order chi connectivity index (χ0) is 18.1. The standard InChI is InChI=1S/C19H21N3O4/c1-13(14-7-3-2-4-8-14)21-15-11-20-22(17-9-5-6-10-25-17)19(24)18(15)26-12-16(21)23/h2-4,7-8,11,13,17H,5-6,9-10,12H2,1H3/t13-,17?/m0/s1. The predicted molar refractivity (Wildman–Crippen MR) is 95.2 cm³/mol. The lowest BCUT2D eigenvalue weighted by Gasteiger charge is -2.34. The molecule has 2 atom stereocenters. The monoisotopic (exact) mass is 355 g/mol. The van der Waals surface area contributed by atoms with Gasteiger partial charge in [-0.05, 0) is 31.7 Å². The quantitative estimate of drug-likeness (QED) is 0.845. The highest BCUT2D eigenvalue weighted by atomic mass is 16.5. The molecule has 7 nitrogen and oxygen atoms in total. The van der Waals surface area contributed by atoms with Crippen molar-refractivity contribution in [1.82, 2.24) is 9.78 Å². The fraction of sp³-hybridized carbons (Fsp3) is 0.421. The maximum absolute atomic E-state index is 12.9. The molecule has 3 heterocycles. The van der Waals surface area contributed by atoms with Crippen LogP contribution >= 0.6 is 0 Å². The molecule has 4 rings (SSSR count). The number of carbonyl (C=O) groups is 1. The fourth-order valence-electron chi connectivity index (χ4n) is 3.51. The Hall–Kier alpha value is -2.67. The van der Waals surface area contributed by atoms with Gasteiger partial charge in [-0.2, -0.15) is 9.78 Å². The number of nitrogens with zero attached hydrogens (tertiary/aromatic N) is 3. The molecule has 0 spiro atoms. The molecular formula is C19H21N3O4. The van der Waals surface area contributed by atoms with Crippen LogP contribution in [0, 0.1) is 0 Å². The Kier molecular flexibility index (Phi) is 4.46. The summed E-state index contributed by atoms with van der Waals surface area (Å²) in [7, 11) is 0. The lowest BCUT2D eigenvalue weighted by Crippen LogP contribution is -2.44. The van der Waals surface area contributed by atoms with Gasteiger partial charge in [0, 0.05) is 6.61 Å². The molecule has 0 radical (unpaired) electrons. The molecule has 0 saturated carbocycles. The van der Waals surface area contributed by atoms with Crippen molar-refractivity contribution in [2.75, 3.05) is 18.1 Å². The van der Waals surface area contributed by atoms with Crippen molar-refractivity contribution in [3.8, 4) is 5.75 Å². The molecule has 0 bridgehead atoms. The summed E-state index contributed by atoms with van der Waals surface area (Å²) in [6.07, 6.45) is 3.89. The molecule has 1 aromatic heterocycles. The highest BCUT2D eigenvalue weighted by molar-refractivity contribution is 5.98. The Morgan fingerprint density at radius 1 is 1.19 bits per heavy atom. The van der Waals surface area contributed by atoms with E-state index in [1.807, 2.05) is 37.3 Å². The number of carbonyl (C=O) groups excluding carboxylic acids is 1. The van der Waals surface area contributed by atoms with E-state index < -0.39 is 0 Å². The largest absolute Gasteiger partial charge is 0.476 e. The third-order valence-electron chi connectivity index (χ3n) is 4.91. The van der Waals surface area contributed by atoms with Gasteiger partial charge in [-0.3, -0.25) is 14.5 Å². The third-order valence-corrected chi connectivity index (χ3v) is 4.91. The van der Waals surface area contributed by atoms with Crippen molar-refractivity contribution in [2.24, 2.45) is 0 Å². The summed E-state index contributed by atoms with van der Waals surface area (Å²) in [5.41, 5.74) is 1.04. The number of fused-ring (bicyclic) bond motifs is 1. The van der Waals surface area contributed by atoms with Gasteiger partial charge in [0.1, 0.15) is 5.69 Å². The van der Waals surface area contributed by atoms with E-state index in [1.54, 1.807) is 4.90 Å². The van der Waals surface area contributed by atoms with Crippen LogP contribution in [-0.2, 0) is 9.53 Å². The molecule has 7 heteroatoms. The summed E-state index contributed by atoms with van der Waals surface area (Å²) in [5, 5.41) is 4.28. The van der Waals surface area contributed by atoms with Crippen LogP contribution in [-0.4, -0.2) is 28.9 Å². The second kappa shape index (κ2) is 6.92. The molecule has 1 aromatic carbocycles. The molecule has 1 amide bonds. The second-order valence-electron chi connectivity index (χ2n) is 6.57. The van der Waals surface area contributed by atoms with E-state index in [-0.39, 0.29) is 36.1 Å². The number of aromatic nitrogens is 2. The van der Waals surface area contributed by atoms with E-state index in [0.29, 0.717) is 12.3 Å². The first kappa shape index (κ1) is 16.8. The summed E-state index contributed by atoms with van der Waals surface area (Å²) in [6, 6.07) is 9.46. The van der Waals surface area contributed by atoms with Gasteiger partial charge in [-0.25, -0.2) is 0 Å². The van der Waals surface area contributed by atoms with E-state index in [0.717, 1.165) is 24.8 Å². The highest BCUT2D eigenvalue weighted by Gasteiger charge is 2.34. The third kappa shape index (κ3) is 2.88. The van der Waals surface area contributed by atoms with Crippen LogP contribution in [0.5, 0.6) is 5.75 Å². The van der Waals surface area contributed by atoms with Crippen molar-refractivity contribution in [1.29, 1.82) is 0 Å². The van der Waals surface area contributed by atoms with Crippen LogP contribution in [0.15, 0.2) is 41.3 Å². The molecule has 2 aliphatic heterocycles. The number of hydrogen-bond donors (Lipinski definition) is 0. The Morgan fingerprint density at radius 3 is 2.73 bits per heavy atom. The summed E-state index contributed by atoms with van der Waals surface area (Å²) in [4.78, 5) is 27.0. The van der Waals surface area contributed by atoms with Gasteiger partial charge in [0.25, 0.3) is 5.91 Å². The minimum atomic E-state index is -0.372. The number of benzene rings is 1. The summed E-state index contributed by atoms with van der Waals surface area (Å²) in [6.45, 7) is 2.39. The van der Waals surface area contributed by atoms with Gasteiger partial charge in [-0.15, -0.1) is 0 Å². The van der Waals surface area contributed by atoms with Crippen molar-refractivity contribution >= 4 is 11.6 Å². The minimum Gasteiger partial charge on any atom is -0.476 e. The molecule has 0 aliphatic carbocycles. The van der Waals surface area contributed by atoms with Gasteiger partial charge in [0.2, 0.25) is 5.75 Å². The van der Waals surface area contributed by atoms with Gasteiger partial charge in [0.15, 0.2) is 12.8 Å². The van der Waals surface area contributed by atoms with E-state index in [9.17, 15) is 9.59 Å². The molecule has 0 N–H and O–H groups in total. The molecule has 2 aromatic rings. The lowest BCUT2D eigenvalue weighted by atomic mass is 10.1. The predicted octanol–water partition coefficient (Wildman–Crippen LogP) is 2.43. The number of amides is 1. The van der Waals surface area contributed by atoms with Crippen molar-refractivity contribution in [3.05, 3.63) is 52.4 Å². The van der Waals surface area contributed by atoms with E-state index in [1.165, 1.54) is 10.9 Å². The van der Waals surface area contributed by atoms with Gasteiger partial charge in [-0.1, -0.05) is 30.3 Å². The van der Waals surface area contributed by atoms with Crippen LogP contribution in [0.2, 0.25) is 0 Å². The maximum atomic E-state index is 12.9. The van der Waals surface area contributed by atoms with Crippen LogP contribution in [0.1, 0.15) is 44.0 Å². The maximum Gasteiger partial charge on any atom is 0.313 e. The van der Waals surface area contributed by atoms with Crippen molar-refractivity contribution < 1.29 is 14.3 Å². The van der Waals surface area contributed by atoms with Crippen LogP contribution in [0.25, 0.3) is 0 Å². The first-order valence-electron chi connectivity index (χ1n) is 8.90. The molecule has 1 saturated heterocycles. The Bertz CT molecular complexity index is 859. The highest BCUT2D eigenvalue weighted by Crippen LogP contribution is 2.35. The van der Waals surface area contributed by atoms with Crippen molar-refractivity contribution in [2.45, 2.75) is 38.5 Å². The van der Waals surface area contributed by atoms with Gasteiger partial charge < -0.3 is 9.47 Å². The molecular weight excluding hydrogens is 334 g/mol. The summed E-state index contributed by atoms with van der Waals surface area (Å²) in [5.74, 6) is -0.0294. The summed E-state index contributed by atoms with van der Waals surface area (Å²) >= 11 is 0. The molecule has 1 fully saturated rings. The number of rotatable bonds is 3. The Morgan fingerprint density at radius 2 is 2.00 bits per heavy atom. The van der Waals surface area contributed by atoms with Crippen LogP contribution < -0.4 is 15.2 Å². The molecule has 1 unspecified atom stereocenters. The lowest BCUT2D eigenvalue weighted by molar-refractivity contribution is -0.121. The zero-order valence-electron chi connectivity index (χ0n) is 14.6. The van der Waals surface area contributed by atoms with E-state index >= 15 is 0 Å². The SMILES string of the molecule is C[C@@H](c1ccccc1)N1C(=O)COc2c1cnn(C1CCCCO1)c2=O. The minimum absolute atomic E-state index is 0.158. The topological polar surface area (TPSA) is 73.7 Å². The van der Waals surface area contributed by atoms with Crippen molar-refractivity contribution in [3.63, 3.8) is 0 Å². The van der Waals surface area contributed by atoms with Gasteiger partial charge >= 0.3 is 5.56 Å². The first-order chi connectivity index (χ1) is 12.7. The smallest absolute Gasteiger partial charge is 0.313 e. The Balaban J connectivity index is 1.73. The molecule has 136 valence electrons. The number of hydrogen-bond acceptors (Lipinski definition) is 5. The number of anilines is 1. The average molecular weight is 355 g/mol. The molecule has 2 aliphatic rings. The van der Waals surface area contributed by atoms with Gasteiger partial charge in [0.05, 0.1) is 12.2 Å². The Labute approximate surface area is 151 Å². The second-order valence-corrected chi connectivity index (χ2v) is 6.57. The summed E-state index contributed by atoms with van der Waals surface area (Å²) < 4.78 is 12.5. The average Bonchev–Trinajstić information content (AvgIpc) is 2.69. The van der Waals surface area contributed by atoms with Crippen LogP contribution in [0.3, 0.4) is 0 Å². The van der Waals surface area contributed by atoms with Crippen LogP contribution in [0.4, 0.5) is 5.69 Å². The van der Waals surface area contributed by atoms with E-state index in [4.69, 9.17) is 9.47 Å². The zero-order valence-corrected chi connectivity index (χ0v) is 14.6. The fourth-order valence-corrected chi connectivity index (χ4v) is 3.51. The normalized spacial score (nSPS) is 21.0. The first-order valence-corrected chi connectivity index (χ1v) is 8.90. The molecule has 26 heavy (non-hydrogen) atoms. The van der Waals surface area contributed by atoms with E-state index in [2.05, 4.69) is 5.10 Å².